The molecule has 1 heterocycles. The molecule has 0 bridgehead atoms. The Morgan fingerprint density at radius 3 is 2.55 bits per heavy atom. The van der Waals surface area contributed by atoms with Gasteiger partial charge in [-0.05, 0) is 49.4 Å². The minimum Gasteiger partial charge on any atom is -0.396 e. The third kappa shape index (κ3) is 4.85. The van der Waals surface area contributed by atoms with Crippen molar-refractivity contribution in [1.29, 1.82) is 0 Å². The van der Waals surface area contributed by atoms with Crippen molar-refractivity contribution < 1.29 is 19.7 Å². The Bertz CT molecular complexity index is 1090. The average Bonchev–Trinajstić information content (AvgIpc) is 3.58. The molecule has 3 aromatic rings. The van der Waals surface area contributed by atoms with E-state index in [1.165, 1.54) is 12.1 Å². The minimum absolute atomic E-state index is 0.119. The molecular formula is C26H28FNO3. The summed E-state index contributed by atoms with van der Waals surface area (Å²) in [5.74, 6) is 0.0890. The van der Waals surface area contributed by atoms with Gasteiger partial charge in [-0.25, -0.2) is 4.39 Å². The van der Waals surface area contributed by atoms with Crippen LogP contribution in [0, 0.1) is 12.7 Å². The zero-order valence-electron chi connectivity index (χ0n) is 17.6. The van der Waals surface area contributed by atoms with E-state index < -0.39 is 12.2 Å². The summed E-state index contributed by atoms with van der Waals surface area (Å²) in [6.45, 7) is 1.92. The summed E-state index contributed by atoms with van der Waals surface area (Å²) in [5.41, 5.74) is 5.85. The van der Waals surface area contributed by atoms with E-state index in [1.54, 1.807) is 18.2 Å². The summed E-state index contributed by atoms with van der Waals surface area (Å²) in [6, 6.07) is 12.6. The number of hydrogen-bond acceptors (Lipinski definition) is 4. The molecule has 162 valence electrons. The number of hydrogen-bond donors (Lipinski definition) is 3. The molecule has 2 aromatic carbocycles. The first-order valence-corrected chi connectivity index (χ1v) is 10.8. The second-order valence-electron chi connectivity index (χ2n) is 8.37. The molecule has 1 saturated carbocycles. The van der Waals surface area contributed by atoms with Crippen LogP contribution in [-0.4, -0.2) is 39.1 Å². The maximum Gasteiger partial charge on any atom is 0.123 e. The standard InChI is InChI=1S/C26H28FNO3/c1-16-3-2-4-22-24(17-7-9-19(27)10-8-17)23(26(18-5-6-18)28-25(16)22)12-11-20(30)15-21(31)13-14-29/h2-4,7-12,18,20-21,29-31H,5-6,13-15H2,1H3/t20-,21+/m1/s1. The fraction of sp³-hybridized carbons (Fsp3) is 0.346. The number of pyridine rings is 1. The molecule has 31 heavy (non-hydrogen) atoms. The van der Waals surface area contributed by atoms with Crippen molar-refractivity contribution in [1.82, 2.24) is 4.98 Å². The number of halogens is 1. The van der Waals surface area contributed by atoms with Crippen LogP contribution in [0.4, 0.5) is 4.39 Å². The highest BCUT2D eigenvalue weighted by Gasteiger charge is 2.30. The van der Waals surface area contributed by atoms with Crippen molar-refractivity contribution in [3.05, 3.63) is 71.2 Å². The van der Waals surface area contributed by atoms with E-state index >= 15 is 0 Å². The molecule has 5 heteroatoms. The Kier molecular flexibility index (Phi) is 6.46. The van der Waals surface area contributed by atoms with Crippen molar-refractivity contribution >= 4 is 17.0 Å². The fourth-order valence-corrected chi connectivity index (χ4v) is 4.06. The number of para-hydroxylation sites is 1. The number of fused-ring (bicyclic) bond motifs is 1. The molecule has 1 aliphatic rings. The lowest BCUT2D eigenvalue weighted by molar-refractivity contribution is 0.0827. The van der Waals surface area contributed by atoms with Gasteiger partial charge < -0.3 is 15.3 Å². The molecule has 0 amide bonds. The van der Waals surface area contributed by atoms with Crippen LogP contribution in [0.3, 0.4) is 0 Å². The predicted molar refractivity (Wildman–Crippen MR) is 121 cm³/mol. The van der Waals surface area contributed by atoms with Gasteiger partial charge in [-0.2, -0.15) is 0 Å². The molecule has 1 aromatic heterocycles. The summed E-state index contributed by atoms with van der Waals surface area (Å²) >= 11 is 0. The molecule has 0 unspecified atom stereocenters. The number of aliphatic hydroxyl groups is 3. The quantitative estimate of drug-likeness (QED) is 0.491. The van der Waals surface area contributed by atoms with Crippen LogP contribution in [0.15, 0.2) is 48.5 Å². The van der Waals surface area contributed by atoms with E-state index in [-0.39, 0.29) is 25.3 Å². The van der Waals surface area contributed by atoms with E-state index in [1.807, 2.05) is 31.2 Å². The fourth-order valence-electron chi connectivity index (χ4n) is 4.06. The first kappa shape index (κ1) is 21.6. The summed E-state index contributed by atoms with van der Waals surface area (Å²) in [6.07, 6.45) is 4.50. The minimum atomic E-state index is -0.845. The van der Waals surface area contributed by atoms with E-state index in [9.17, 15) is 14.6 Å². The van der Waals surface area contributed by atoms with E-state index in [0.29, 0.717) is 5.92 Å². The lowest BCUT2D eigenvalue weighted by atomic mass is 9.91. The molecule has 0 spiro atoms. The van der Waals surface area contributed by atoms with Crippen LogP contribution in [0.1, 0.15) is 48.4 Å². The second kappa shape index (κ2) is 9.27. The highest BCUT2D eigenvalue weighted by Crippen LogP contribution is 2.45. The smallest absolute Gasteiger partial charge is 0.123 e. The summed E-state index contributed by atoms with van der Waals surface area (Å²) in [4.78, 5) is 5.02. The number of benzene rings is 2. The SMILES string of the molecule is Cc1cccc2c(-c3ccc(F)cc3)c(C=C[C@@H](O)C[C@@H](O)CCO)c(C3CC3)nc12. The number of aryl methyl sites for hydroxylation is 1. The Hall–Kier alpha value is -2.60. The maximum absolute atomic E-state index is 13.6. The van der Waals surface area contributed by atoms with Gasteiger partial charge in [0.2, 0.25) is 0 Å². The number of aliphatic hydroxyl groups excluding tert-OH is 3. The van der Waals surface area contributed by atoms with Gasteiger partial charge in [-0.15, -0.1) is 0 Å². The Labute approximate surface area is 181 Å². The monoisotopic (exact) mass is 421 g/mol. The highest BCUT2D eigenvalue weighted by atomic mass is 19.1. The van der Waals surface area contributed by atoms with E-state index in [0.717, 1.165) is 51.7 Å². The van der Waals surface area contributed by atoms with Gasteiger partial charge in [-0.1, -0.05) is 42.5 Å². The molecule has 2 atom stereocenters. The van der Waals surface area contributed by atoms with Crippen molar-refractivity contribution in [3.8, 4) is 11.1 Å². The largest absolute Gasteiger partial charge is 0.396 e. The summed E-state index contributed by atoms with van der Waals surface area (Å²) < 4.78 is 13.6. The third-order valence-corrected chi connectivity index (χ3v) is 5.84. The maximum atomic E-state index is 13.6. The van der Waals surface area contributed by atoms with Gasteiger partial charge in [0, 0.05) is 35.5 Å². The first-order chi connectivity index (χ1) is 15.0. The van der Waals surface area contributed by atoms with Crippen LogP contribution < -0.4 is 0 Å². The molecule has 0 aliphatic heterocycles. The molecule has 0 radical (unpaired) electrons. The van der Waals surface area contributed by atoms with Crippen LogP contribution >= 0.6 is 0 Å². The molecular weight excluding hydrogens is 393 g/mol. The van der Waals surface area contributed by atoms with Crippen LogP contribution in [0.5, 0.6) is 0 Å². The lowest BCUT2D eigenvalue weighted by Crippen LogP contribution is -2.17. The Morgan fingerprint density at radius 1 is 1.13 bits per heavy atom. The zero-order chi connectivity index (χ0) is 22.0. The molecule has 3 N–H and O–H groups in total. The van der Waals surface area contributed by atoms with E-state index in [2.05, 4.69) is 0 Å². The van der Waals surface area contributed by atoms with Gasteiger partial charge >= 0.3 is 0 Å². The third-order valence-electron chi connectivity index (χ3n) is 5.84. The first-order valence-electron chi connectivity index (χ1n) is 10.8. The van der Waals surface area contributed by atoms with E-state index in [4.69, 9.17) is 10.1 Å². The Balaban J connectivity index is 1.86. The highest BCUT2D eigenvalue weighted by molar-refractivity contribution is 6.00. The van der Waals surface area contributed by atoms with Gasteiger partial charge in [-0.3, -0.25) is 4.98 Å². The molecule has 0 saturated heterocycles. The van der Waals surface area contributed by atoms with Crippen molar-refractivity contribution in [2.24, 2.45) is 0 Å². The zero-order valence-corrected chi connectivity index (χ0v) is 17.6. The topological polar surface area (TPSA) is 73.6 Å². The van der Waals surface area contributed by atoms with Crippen LogP contribution in [-0.2, 0) is 0 Å². The van der Waals surface area contributed by atoms with Gasteiger partial charge in [0.15, 0.2) is 0 Å². The van der Waals surface area contributed by atoms with Gasteiger partial charge in [0.25, 0.3) is 0 Å². The molecule has 1 aliphatic carbocycles. The number of aromatic nitrogens is 1. The van der Waals surface area contributed by atoms with Crippen LogP contribution in [0.25, 0.3) is 28.1 Å². The molecule has 4 nitrogen and oxygen atoms in total. The molecule has 1 fully saturated rings. The van der Waals surface area contributed by atoms with Gasteiger partial charge in [0.05, 0.1) is 23.4 Å². The van der Waals surface area contributed by atoms with Crippen molar-refractivity contribution in [2.75, 3.05) is 6.61 Å². The average molecular weight is 422 g/mol. The second-order valence-corrected chi connectivity index (χ2v) is 8.37. The molecule has 4 rings (SSSR count). The van der Waals surface area contributed by atoms with Crippen LogP contribution in [0.2, 0.25) is 0 Å². The number of rotatable bonds is 8. The van der Waals surface area contributed by atoms with Crippen molar-refractivity contribution in [2.45, 2.75) is 50.7 Å². The Morgan fingerprint density at radius 2 is 1.87 bits per heavy atom. The predicted octanol–water partition coefficient (Wildman–Crippen LogP) is 4.73. The summed E-state index contributed by atoms with van der Waals surface area (Å²) in [7, 11) is 0. The lowest BCUT2D eigenvalue weighted by Gasteiger charge is -2.17. The van der Waals surface area contributed by atoms with Gasteiger partial charge in [0.1, 0.15) is 5.82 Å². The summed E-state index contributed by atoms with van der Waals surface area (Å²) in [5, 5.41) is 30.3. The van der Waals surface area contributed by atoms with Crippen molar-refractivity contribution in [3.63, 3.8) is 0 Å². The number of nitrogens with zero attached hydrogens (tertiary/aromatic N) is 1. The normalized spacial score (nSPS) is 16.2.